The van der Waals surface area contributed by atoms with Crippen molar-refractivity contribution in [2.45, 2.75) is 6.92 Å². The summed E-state index contributed by atoms with van der Waals surface area (Å²) < 4.78 is 0. The lowest BCUT2D eigenvalue weighted by Crippen LogP contribution is -1.94. The monoisotopic (exact) mass is 308 g/mol. The largest absolute Gasteiger partial charge is 0.341 e. The second kappa shape index (κ2) is 5.74. The third-order valence-electron chi connectivity index (χ3n) is 3.73. The van der Waals surface area contributed by atoms with E-state index in [0.29, 0.717) is 0 Å². The van der Waals surface area contributed by atoms with Crippen LogP contribution in [0.2, 0.25) is 5.02 Å². The first-order chi connectivity index (χ1) is 10.6. The Hall–Kier alpha value is -2.45. The highest BCUT2D eigenvalue weighted by atomic mass is 35.5. The fourth-order valence-electron chi connectivity index (χ4n) is 2.71. The van der Waals surface area contributed by atoms with Gasteiger partial charge in [0.2, 0.25) is 0 Å². The van der Waals surface area contributed by atoms with Crippen LogP contribution in [0.4, 0.5) is 11.4 Å². The summed E-state index contributed by atoms with van der Waals surface area (Å²) in [6, 6.07) is 12.1. The summed E-state index contributed by atoms with van der Waals surface area (Å²) in [6.07, 6.45) is 3.89. The predicted octanol–water partition coefficient (Wildman–Crippen LogP) is 5.90. The number of rotatable bonds is 3. The van der Waals surface area contributed by atoms with Crippen molar-refractivity contribution in [2.24, 2.45) is 0 Å². The lowest BCUT2D eigenvalue weighted by Gasteiger charge is -2.13. The maximum Gasteiger partial charge on any atom is 0.100 e. The van der Waals surface area contributed by atoms with Gasteiger partial charge < -0.3 is 10.6 Å². The Bertz CT molecular complexity index is 803. The van der Waals surface area contributed by atoms with Crippen molar-refractivity contribution in [3.63, 3.8) is 0 Å². The summed E-state index contributed by atoms with van der Waals surface area (Å²) in [7, 11) is 0. The summed E-state index contributed by atoms with van der Waals surface area (Å²) in [5.74, 6) is 0.784. The van der Waals surface area contributed by atoms with E-state index in [-0.39, 0.29) is 0 Å². The van der Waals surface area contributed by atoms with Crippen molar-refractivity contribution in [3.05, 3.63) is 78.1 Å². The molecule has 0 amide bonds. The third-order valence-corrected chi connectivity index (χ3v) is 4.05. The molecule has 2 N–H and O–H groups in total. The number of halogens is 1. The smallest absolute Gasteiger partial charge is 0.100 e. The number of hydrogen-bond donors (Lipinski definition) is 2. The number of nitrogens with one attached hydrogen (secondary N) is 2. The van der Waals surface area contributed by atoms with E-state index < -0.39 is 0 Å². The highest BCUT2D eigenvalue weighted by Crippen LogP contribution is 2.40. The molecule has 0 aliphatic carbocycles. The fraction of sp³-hybridized carbons (Fsp3) is 0.0526. The van der Waals surface area contributed by atoms with Gasteiger partial charge in [0.1, 0.15) is 5.82 Å². The molecule has 1 heterocycles. The summed E-state index contributed by atoms with van der Waals surface area (Å²) in [6.45, 7) is 9.79. The van der Waals surface area contributed by atoms with E-state index >= 15 is 0 Å². The van der Waals surface area contributed by atoms with Gasteiger partial charge in [0, 0.05) is 10.6 Å². The molecule has 2 nitrogen and oxygen atoms in total. The molecule has 0 unspecified atom stereocenters. The Balaban J connectivity index is 2.19. The quantitative estimate of drug-likeness (QED) is 0.689. The topological polar surface area (TPSA) is 24.1 Å². The van der Waals surface area contributed by atoms with Gasteiger partial charge in [-0.15, -0.1) is 0 Å². The number of fused-ring (bicyclic) bond motifs is 1. The third kappa shape index (κ3) is 2.42. The molecule has 110 valence electrons. The number of hydrogen-bond acceptors (Lipinski definition) is 2. The Kier molecular flexibility index (Phi) is 3.78. The fourth-order valence-corrected chi connectivity index (χ4v) is 2.99. The minimum atomic E-state index is 0.725. The van der Waals surface area contributed by atoms with Gasteiger partial charge in [0.05, 0.1) is 11.4 Å². The molecule has 1 aliphatic rings. The first-order valence-corrected chi connectivity index (χ1v) is 7.47. The van der Waals surface area contributed by atoms with Gasteiger partial charge >= 0.3 is 0 Å². The Morgan fingerprint density at radius 3 is 2.64 bits per heavy atom. The van der Waals surface area contributed by atoms with Crippen LogP contribution in [0.1, 0.15) is 12.5 Å². The van der Waals surface area contributed by atoms with Crippen LogP contribution in [0.3, 0.4) is 0 Å². The second-order valence-corrected chi connectivity index (χ2v) is 5.51. The number of allylic oxidation sites excluding steroid dienone is 3. The zero-order valence-corrected chi connectivity index (χ0v) is 13.2. The molecule has 0 bridgehead atoms. The summed E-state index contributed by atoms with van der Waals surface area (Å²) >= 11 is 6.49. The highest BCUT2D eigenvalue weighted by molar-refractivity contribution is 6.34. The van der Waals surface area contributed by atoms with Crippen LogP contribution in [-0.2, 0) is 0 Å². The molecular formula is C19H17ClN2. The molecule has 22 heavy (non-hydrogen) atoms. The minimum absolute atomic E-state index is 0.725. The Labute approximate surface area is 135 Å². The van der Waals surface area contributed by atoms with E-state index in [4.69, 9.17) is 11.6 Å². The summed E-state index contributed by atoms with van der Waals surface area (Å²) in [5, 5.41) is 7.13. The second-order valence-electron chi connectivity index (χ2n) is 5.10. The highest BCUT2D eigenvalue weighted by Gasteiger charge is 2.16. The first kappa shape index (κ1) is 14.5. The molecule has 0 aromatic heterocycles. The summed E-state index contributed by atoms with van der Waals surface area (Å²) in [5.41, 5.74) is 6.25. The maximum absolute atomic E-state index is 6.49. The van der Waals surface area contributed by atoms with Gasteiger partial charge in [-0.25, -0.2) is 0 Å². The SMILES string of the molecule is C=C/C(=C\C)c1cccc(Cl)c1-c1ccc2c(c1)NC(=C)N2. The molecule has 0 saturated heterocycles. The van der Waals surface area contributed by atoms with Crippen LogP contribution in [-0.4, -0.2) is 0 Å². The van der Waals surface area contributed by atoms with Crippen molar-refractivity contribution in [3.8, 4) is 11.1 Å². The van der Waals surface area contributed by atoms with E-state index in [1.807, 2.05) is 37.3 Å². The zero-order valence-electron chi connectivity index (χ0n) is 12.4. The van der Waals surface area contributed by atoms with Gasteiger partial charge in [-0.05, 0) is 41.8 Å². The van der Waals surface area contributed by atoms with E-state index in [1.54, 1.807) is 0 Å². The molecule has 3 rings (SSSR count). The van der Waals surface area contributed by atoms with Gasteiger partial charge in [0.15, 0.2) is 0 Å². The van der Waals surface area contributed by atoms with Crippen LogP contribution in [0, 0.1) is 0 Å². The van der Waals surface area contributed by atoms with Crippen molar-refractivity contribution in [1.82, 2.24) is 0 Å². The van der Waals surface area contributed by atoms with Gasteiger partial charge in [-0.1, -0.05) is 55.1 Å². The van der Waals surface area contributed by atoms with Gasteiger partial charge in [0.25, 0.3) is 0 Å². The molecule has 2 aromatic rings. The van der Waals surface area contributed by atoms with Gasteiger partial charge in [-0.2, -0.15) is 0 Å². The lowest BCUT2D eigenvalue weighted by molar-refractivity contribution is 1.52. The van der Waals surface area contributed by atoms with Crippen LogP contribution in [0.5, 0.6) is 0 Å². The number of anilines is 2. The normalized spacial score (nSPS) is 13.4. The zero-order chi connectivity index (χ0) is 15.7. The van der Waals surface area contributed by atoms with E-state index in [2.05, 4.69) is 42.0 Å². The molecule has 0 radical (unpaired) electrons. The van der Waals surface area contributed by atoms with Crippen molar-refractivity contribution in [2.75, 3.05) is 10.6 Å². The molecule has 0 fully saturated rings. The molecule has 1 aliphatic heterocycles. The maximum atomic E-state index is 6.49. The summed E-state index contributed by atoms with van der Waals surface area (Å²) in [4.78, 5) is 0. The Morgan fingerprint density at radius 2 is 1.91 bits per heavy atom. The van der Waals surface area contributed by atoms with E-state index in [1.165, 1.54) is 0 Å². The molecule has 3 heteroatoms. The van der Waals surface area contributed by atoms with Crippen molar-refractivity contribution >= 4 is 28.5 Å². The van der Waals surface area contributed by atoms with Crippen LogP contribution in [0.15, 0.2) is 67.5 Å². The molecule has 2 aromatic carbocycles. The average molecular weight is 309 g/mol. The lowest BCUT2D eigenvalue weighted by atomic mass is 9.94. The average Bonchev–Trinajstić information content (AvgIpc) is 2.88. The van der Waals surface area contributed by atoms with Gasteiger partial charge in [-0.3, -0.25) is 0 Å². The van der Waals surface area contributed by atoms with Crippen LogP contribution < -0.4 is 10.6 Å². The van der Waals surface area contributed by atoms with Crippen LogP contribution >= 0.6 is 11.6 Å². The van der Waals surface area contributed by atoms with Crippen molar-refractivity contribution < 1.29 is 0 Å². The van der Waals surface area contributed by atoms with E-state index in [9.17, 15) is 0 Å². The molecule has 0 spiro atoms. The Morgan fingerprint density at radius 1 is 1.14 bits per heavy atom. The number of benzene rings is 2. The minimum Gasteiger partial charge on any atom is -0.341 e. The molecular weight excluding hydrogens is 292 g/mol. The predicted molar refractivity (Wildman–Crippen MR) is 97.1 cm³/mol. The molecule has 0 atom stereocenters. The van der Waals surface area contributed by atoms with Crippen molar-refractivity contribution in [1.29, 1.82) is 0 Å². The van der Waals surface area contributed by atoms with Crippen LogP contribution in [0.25, 0.3) is 16.7 Å². The molecule has 0 saturated carbocycles. The van der Waals surface area contributed by atoms with E-state index in [0.717, 1.165) is 44.5 Å². The first-order valence-electron chi connectivity index (χ1n) is 7.09. The standard InChI is InChI=1S/C19H17ClN2/c1-4-13(5-2)15-7-6-8-16(20)19(15)14-9-10-17-18(11-14)22-12(3)21-17/h4-11,21-22H,1,3H2,2H3/b13-5+.